The number of hydrogen-bond acceptors (Lipinski definition) is 6. The third kappa shape index (κ3) is 4.02. The zero-order chi connectivity index (χ0) is 19.4. The molecular formula is C18H22N6O3. The standard InChI is InChI=1S/C18H22N6O3/c1-12(2)24-15(20-21-22-24)9-10-19-16(25)8-5-11-23-17(26)13-6-3-4-7-14(13)18(23)27/h3-4,6-7,12H,5,8-11H2,1-2H3,(H,19,25). The van der Waals surface area contributed by atoms with Crippen LogP contribution < -0.4 is 5.32 Å². The number of nitrogens with zero attached hydrogens (tertiary/aromatic N) is 5. The van der Waals surface area contributed by atoms with Crippen molar-refractivity contribution in [2.24, 2.45) is 0 Å². The molecule has 1 N–H and O–H groups in total. The van der Waals surface area contributed by atoms with Crippen LogP contribution in [0.2, 0.25) is 0 Å². The lowest BCUT2D eigenvalue weighted by atomic mass is 10.1. The molecule has 0 saturated heterocycles. The van der Waals surface area contributed by atoms with Crippen LogP contribution in [0.15, 0.2) is 24.3 Å². The fourth-order valence-corrected chi connectivity index (χ4v) is 3.02. The summed E-state index contributed by atoms with van der Waals surface area (Å²) >= 11 is 0. The van der Waals surface area contributed by atoms with Crippen molar-refractivity contribution in [3.05, 3.63) is 41.2 Å². The molecule has 0 aliphatic carbocycles. The van der Waals surface area contributed by atoms with Gasteiger partial charge in [-0.15, -0.1) is 5.10 Å². The van der Waals surface area contributed by atoms with Gasteiger partial charge in [-0.3, -0.25) is 19.3 Å². The van der Waals surface area contributed by atoms with Crippen molar-refractivity contribution in [2.75, 3.05) is 13.1 Å². The highest BCUT2D eigenvalue weighted by Crippen LogP contribution is 2.22. The largest absolute Gasteiger partial charge is 0.356 e. The molecule has 1 aromatic carbocycles. The highest BCUT2D eigenvalue weighted by Gasteiger charge is 2.34. The molecule has 1 aliphatic rings. The summed E-state index contributed by atoms with van der Waals surface area (Å²) in [6.45, 7) is 4.62. The molecule has 0 bridgehead atoms. The van der Waals surface area contributed by atoms with E-state index in [4.69, 9.17) is 0 Å². The number of hydrogen-bond donors (Lipinski definition) is 1. The van der Waals surface area contributed by atoms with Crippen LogP contribution in [0.5, 0.6) is 0 Å². The van der Waals surface area contributed by atoms with Gasteiger partial charge in [-0.2, -0.15) is 0 Å². The first-order valence-corrected chi connectivity index (χ1v) is 8.97. The van der Waals surface area contributed by atoms with E-state index in [-0.39, 0.29) is 36.7 Å². The molecule has 3 amide bonds. The summed E-state index contributed by atoms with van der Waals surface area (Å²) in [6.07, 6.45) is 1.19. The van der Waals surface area contributed by atoms with Gasteiger partial charge in [-0.1, -0.05) is 12.1 Å². The van der Waals surface area contributed by atoms with Gasteiger partial charge >= 0.3 is 0 Å². The normalized spacial score (nSPS) is 13.4. The number of carbonyl (C=O) groups is 3. The minimum absolute atomic E-state index is 0.129. The molecule has 1 aliphatic heterocycles. The molecular weight excluding hydrogens is 348 g/mol. The van der Waals surface area contributed by atoms with Gasteiger partial charge in [0.25, 0.3) is 11.8 Å². The Bertz CT molecular complexity index is 825. The second-order valence-corrected chi connectivity index (χ2v) is 6.64. The molecule has 9 nitrogen and oxygen atoms in total. The maximum Gasteiger partial charge on any atom is 0.261 e. The molecule has 9 heteroatoms. The van der Waals surface area contributed by atoms with Gasteiger partial charge in [0.2, 0.25) is 5.91 Å². The lowest BCUT2D eigenvalue weighted by molar-refractivity contribution is -0.121. The summed E-state index contributed by atoms with van der Waals surface area (Å²) in [5, 5.41) is 14.3. The number of tetrazole rings is 1. The second kappa shape index (κ2) is 8.07. The predicted octanol–water partition coefficient (Wildman–Crippen LogP) is 0.989. The first kappa shape index (κ1) is 18.7. The van der Waals surface area contributed by atoms with Crippen LogP contribution in [-0.4, -0.2) is 55.9 Å². The SMILES string of the molecule is CC(C)n1nnnc1CCNC(=O)CCCN1C(=O)c2ccccc2C1=O. The monoisotopic (exact) mass is 370 g/mol. The molecule has 2 heterocycles. The number of benzene rings is 1. The Balaban J connectivity index is 1.41. The van der Waals surface area contributed by atoms with E-state index in [1.54, 1.807) is 28.9 Å². The molecule has 0 unspecified atom stereocenters. The maximum absolute atomic E-state index is 12.3. The van der Waals surface area contributed by atoms with Gasteiger partial charge in [-0.05, 0) is 42.8 Å². The number of aromatic nitrogens is 4. The molecule has 0 radical (unpaired) electrons. The lowest BCUT2D eigenvalue weighted by Crippen LogP contribution is -2.32. The van der Waals surface area contributed by atoms with Crippen LogP contribution in [0.1, 0.15) is 59.3 Å². The highest BCUT2D eigenvalue weighted by atomic mass is 16.2. The number of imide groups is 1. The van der Waals surface area contributed by atoms with Crippen molar-refractivity contribution >= 4 is 17.7 Å². The Kier molecular flexibility index (Phi) is 5.58. The molecule has 0 saturated carbocycles. The first-order valence-electron chi connectivity index (χ1n) is 8.97. The quantitative estimate of drug-likeness (QED) is 0.694. The molecule has 142 valence electrons. The van der Waals surface area contributed by atoms with Crippen molar-refractivity contribution in [3.8, 4) is 0 Å². The minimum Gasteiger partial charge on any atom is -0.356 e. The Morgan fingerprint density at radius 2 is 1.81 bits per heavy atom. The Hall–Kier alpha value is -3.10. The fourth-order valence-electron chi connectivity index (χ4n) is 3.02. The fraction of sp³-hybridized carbons (Fsp3) is 0.444. The van der Waals surface area contributed by atoms with Crippen molar-refractivity contribution in [3.63, 3.8) is 0 Å². The minimum atomic E-state index is -0.295. The second-order valence-electron chi connectivity index (χ2n) is 6.64. The Labute approximate surface area is 156 Å². The van der Waals surface area contributed by atoms with E-state index >= 15 is 0 Å². The van der Waals surface area contributed by atoms with Crippen molar-refractivity contribution < 1.29 is 14.4 Å². The van der Waals surface area contributed by atoms with E-state index in [1.807, 2.05) is 13.8 Å². The third-order valence-electron chi connectivity index (χ3n) is 4.38. The number of amides is 3. The summed E-state index contributed by atoms with van der Waals surface area (Å²) in [6, 6.07) is 6.91. The summed E-state index contributed by atoms with van der Waals surface area (Å²) < 4.78 is 1.72. The molecule has 1 aromatic heterocycles. The van der Waals surface area contributed by atoms with Gasteiger partial charge in [0.15, 0.2) is 5.82 Å². The van der Waals surface area contributed by atoms with E-state index < -0.39 is 0 Å². The molecule has 0 fully saturated rings. The van der Waals surface area contributed by atoms with E-state index in [0.29, 0.717) is 30.5 Å². The summed E-state index contributed by atoms with van der Waals surface area (Å²) in [5.41, 5.74) is 0.852. The van der Waals surface area contributed by atoms with E-state index in [2.05, 4.69) is 20.8 Å². The van der Waals surface area contributed by atoms with E-state index in [1.165, 1.54) is 4.90 Å². The third-order valence-corrected chi connectivity index (χ3v) is 4.38. The van der Waals surface area contributed by atoms with E-state index in [9.17, 15) is 14.4 Å². The average molecular weight is 370 g/mol. The first-order chi connectivity index (χ1) is 13.0. The van der Waals surface area contributed by atoms with Crippen LogP contribution >= 0.6 is 0 Å². The van der Waals surface area contributed by atoms with Crippen LogP contribution in [0, 0.1) is 0 Å². The van der Waals surface area contributed by atoms with Crippen LogP contribution in [0.3, 0.4) is 0 Å². The zero-order valence-corrected chi connectivity index (χ0v) is 15.4. The Morgan fingerprint density at radius 1 is 1.15 bits per heavy atom. The highest BCUT2D eigenvalue weighted by molar-refractivity contribution is 6.21. The molecule has 27 heavy (non-hydrogen) atoms. The summed E-state index contributed by atoms with van der Waals surface area (Å²) in [4.78, 5) is 37.7. The van der Waals surface area contributed by atoms with Crippen molar-refractivity contribution in [2.45, 2.75) is 39.2 Å². The van der Waals surface area contributed by atoms with Gasteiger partial charge in [0.05, 0.1) is 17.2 Å². The number of nitrogens with one attached hydrogen (secondary N) is 1. The van der Waals surface area contributed by atoms with Gasteiger partial charge in [-0.25, -0.2) is 4.68 Å². The van der Waals surface area contributed by atoms with Crippen molar-refractivity contribution in [1.82, 2.24) is 30.4 Å². The molecule has 3 rings (SSSR count). The van der Waals surface area contributed by atoms with Crippen LogP contribution in [0.4, 0.5) is 0 Å². The topological polar surface area (TPSA) is 110 Å². The smallest absolute Gasteiger partial charge is 0.261 e. The maximum atomic E-state index is 12.3. The number of fused-ring (bicyclic) bond motifs is 1. The van der Waals surface area contributed by atoms with Crippen LogP contribution in [0.25, 0.3) is 0 Å². The zero-order valence-electron chi connectivity index (χ0n) is 15.4. The van der Waals surface area contributed by atoms with E-state index in [0.717, 1.165) is 5.82 Å². The molecule has 0 atom stereocenters. The Morgan fingerprint density at radius 3 is 2.44 bits per heavy atom. The summed E-state index contributed by atoms with van der Waals surface area (Å²) in [7, 11) is 0. The average Bonchev–Trinajstić information content (AvgIpc) is 3.21. The van der Waals surface area contributed by atoms with Gasteiger partial charge < -0.3 is 5.32 Å². The van der Waals surface area contributed by atoms with Crippen LogP contribution in [-0.2, 0) is 11.2 Å². The summed E-state index contributed by atoms with van der Waals surface area (Å²) in [5.74, 6) is -0.000403. The number of carbonyl (C=O) groups excluding carboxylic acids is 3. The molecule has 0 spiro atoms. The number of rotatable bonds is 8. The lowest BCUT2D eigenvalue weighted by Gasteiger charge is -2.13. The predicted molar refractivity (Wildman–Crippen MR) is 96.0 cm³/mol. The van der Waals surface area contributed by atoms with Crippen molar-refractivity contribution in [1.29, 1.82) is 0 Å². The van der Waals surface area contributed by atoms with Gasteiger partial charge in [0, 0.05) is 25.9 Å². The van der Waals surface area contributed by atoms with Gasteiger partial charge in [0.1, 0.15) is 0 Å². The molecule has 2 aromatic rings.